The van der Waals surface area contributed by atoms with Gasteiger partial charge in [0.1, 0.15) is 0 Å². The molecule has 5 heterocycles. The van der Waals surface area contributed by atoms with E-state index >= 15 is 0 Å². The fourth-order valence-electron chi connectivity index (χ4n) is 10.9. The Hall–Kier alpha value is -5.92. The third kappa shape index (κ3) is 7.56. The van der Waals surface area contributed by atoms with Gasteiger partial charge in [0, 0.05) is 72.0 Å². The van der Waals surface area contributed by atoms with E-state index in [1.54, 1.807) is 48.5 Å². The van der Waals surface area contributed by atoms with Gasteiger partial charge in [-0.15, -0.1) is 0 Å². The fraction of sp³-hybridized carbons (Fsp3) is 0.333. The molecule has 0 radical (unpaired) electrons. The number of benzene rings is 4. The first-order valence-electron chi connectivity index (χ1n) is 20.8. The van der Waals surface area contributed by atoms with Crippen LogP contribution in [0.25, 0.3) is 0 Å². The van der Waals surface area contributed by atoms with Crippen LogP contribution in [0.2, 0.25) is 0 Å². The van der Waals surface area contributed by atoms with Crippen LogP contribution < -0.4 is 21.3 Å². The minimum absolute atomic E-state index is 0.00393. The molecule has 0 amide bonds. The summed E-state index contributed by atoms with van der Waals surface area (Å²) in [6.45, 7) is 0. The summed E-state index contributed by atoms with van der Waals surface area (Å²) in [5, 5.41) is 55.1. The summed E-state index contributed by atoms with van der Waals surface area (Å²) in [5.74, 6) is -4.21. The predicted octanol–water partition coefficient (Wildman–Crippen LogP) is 5.96. The van der Waals surface area contributed by atoms with Gasteiger partial charge in [-0.1, -0.05) is 72.8 Å². The normalized spacial score (nSPS) is 31.9. The van der Waals surface area contributed by atoms with E-state index in [-0.39, 0.29) is 94.3 Å². The van der Waals surface area contributed by atoms with Gasteiger partial charge in [-0.25, -0.2) is 19.2 Å². The molecule has 0 aromatic heterocycles. The van der Waals surface area contributed by atoms with Crippen molar-refractivity contribution in [2.24, 2.45) is 0 Å². The van der Waals surface area contributed by atoms with Crippen molar-refractivity contribution in [1.82, 2.24) is 21.3 Å². The Balaban J connectivity index is 1.14. The van der Waals surface area contributed by atoms with E-state index in [1.807, 2.05) is 48.5 Å². The van der Waals surface area contributed by atoms with E-state index in [4.69, 9.17) is 0 Å². The molecule has 308 valence electrons. The molecule has 4 aromatic carbocycles. The zero-order valence-corrected chi connectivity index (χ0v) is 32.7. The number of carboxylic acid groups (broad SMARTS) is 4. The SMILES string of the molecule is O=C(O)c1ccc(C2C3C=CC(N3)C(c3ccc(C(=O)O)cc3)C3CCC(N3)C(c3ccc(C(=O)O)cc3)C3C=CC(N3)C(c3ccc(C(=O)O)cc3)C3CCC2N3)cc1. The van der Waals surface area contributed by atoms with Crippen molar-refractivity contribution in [2.75, 3.05) is 0 Å². The Labute approximate surface area is 347 Å². The average Bonchev–Trinajstić information content (AvgIpc) is 4.10. The lowest BCUT2D eigenvalue weighted by atomic mass is 9.82. The highest BCUT2D eigenvalue weighted by atomic mass is 16.4. The molecule has 3 fully saturated rings. The molecule has 8 bridgehead atoms. The molecule has 12 heteroatoms. The summed E-state index contributed by atoms with van der Waals surface area (Å²) in [4.78, 5) is 47.6. The number of aromatic carboxylic acids is 4. The number of carboxylic acids is 4. The van der Waals surface area contributed by atoms with Gasteiger partial charge < -0.3 is 41.7 Å². The topological polar surface area (TPSA) is 197 Å². The quantitative estimate of drug-likeness (QED) is 0.0975. The van der Waals surface area contributed by atoms with E-state index in [2.05, 4.69) is 45.6 Å². The van der Waals surface area contributed by atoms with Crippen molar-refractivity contribution >= 4 is 23.9 Å². The van der Waals surface area contributed by atoms with Gasteiger partial charge in [0.05, 0.1) is 22.3 Å². The summed E-state index contributed by atoms with van der Waals surface area (Å²) in [6, 6.07) is 28.3. The van der Waals surface area contributed by atoms with Gasteiger partial charge in [-0.2, -0.15) is 0 Å². The maximum absolute atomic E-state index is 11.9. The van der Waals surface area contributed by atoms with Crippen LogP contribution in [0.15, 0.2) is 121 Å². The van der Waals surface area contributed by atoms with Crippen LogP contribution >= 0.6 is 0 Å². The van der Waals surface area contributed by atoms with Gasteiger partial charge in [0.2, 0.25) is 0 Å². The average molecular weight is 809 g/mol. The molecule has 9 rings (SSSR count). The van der Waals surface area contributed by atoms with E-state index in [0.29, 0.717) is 0 Å². The molecule has 5 aliphatic rings. The summed E-state index contributed by atoms with van der Waals surface area (Å²) >= 11 is 0. The summed E-state index contributed by atoms with van der Waals surface area (Å²) in [5.41, 5.74) is 4.94. The van der Waals surface area contributed by atoms with Crippen molar-refractivity contribution in [3.63, 3.8) is 0 Å². The molecule has 4 aromatic rings. The third-order valence-electron chi connectivity index (χ3n) is 13.7. The molecule has 0 saturated carbocycles. The van der Waals surface area contributed by atoms with E-state index < -0.39 is 23.9 Å². The lowest BCUT2D eigenvalue weighted by molar-refractivity contribution is 0.0686. The van der Waals surface area contributed by atoms with Crippen LogP contribution in [0.4, 0.5) is 0 Å². The second-order valence-electron chi connectivity index (χ2n) is 16.9. The van der Waals surface area contributed by atoms with E-state index in [0.717, 1.165) is 47.9 Å². The highest BCUT2D eigenvalue weighted by molar-refractivity contribution is 5.89. The Morgan fingerprint density at radius 1 is 0.333 bits per heavy atom. The first-order valence-corrected chi connectivity index (χ1v) is 20.8. The number of rotatable bonds is 8. The van der Waals surface area contributed by atoms with Crippen LogP contribution in [0, 0.1) is 0 Å². The Bertz CT molecular complexity index is 2000. The minimum atomic E-state index is -0.983. The van der Waals surface area contributed by atoms with Crippen molar-refractivity contribution < 1.29 is 39.6 Å². The molecular weight excluding hydrogens is 761 g/mol. The molecule has 3 saturated heterocycles. The number of carbonyl (C=O) groups is 4. The van der Waals surface area contributed by atoms with Crippen LogP contribution in [0.1, 0.15) is 113 Å². The Morgan fingerprint density at radius 2 is 0.533 bits per heavy atom. The van der Waals surface area contributed by atoms with Gasteiger partial charge in [0.25, 0.3) is 0 Å². The zero-order valence-electron chi connectivity index (χ0n) is 32.7. The lowest BCUT2D eigenvalue weighted by Gasteiger charge is -2.38. The Kier molecular flexibility index (Phi) is 10.7. The van der Waals surface area contributed by atoms with Gasteiger partial charge >= 0.3 is 23.9 Å². The second-order valence-corrected chi connectivity index (χ2v) is 16.9. The molecule has 0 spiro atoms. The number of nitrogens with one attached hydrogen (secondary N) is 4. The monoisotopic (exact) mass is 808 g/mol. The number of fused-ring (bicyclic) bond motifs is 8. The summed E-state index contributed by atoms with van der Waals surface area (Å²) < 4.78 is 0. The molecule has 12 atom stereocenters. The van der Waals surface area contributed by atoms with Gasteiger partial charge in [0.15, 0.2) is 0 Å². The fourth-order valence-corrected chi connectivity index (χ4v) is 10.9. The van der Waals surface area contributed by atoms with Gasteiger partial charge in [-0.3, -0.25) is 0 Å². The van der Waals surface area contributed by atoms with Crippen molar-refractivity contribution in [3.05, 3.63) is 166 Å². The van der Waals surface area contributed by atoms with Crippen molar-refractivity contribution in [2.45, 2.75) is 97.7 Å². The molecular formula is C48H48N4O8. The van der Waals surface area contributed by atoms with Crippen LogP contribution in [-0.4, -0.2) is 92.6 Å². The molecule has 12 nitrogen and oxygen atoms in total. The first kappa shape index (κ1) is 39.5. The predicted molar refractivity (Wildman–Crippen MR) is 224 cm³/mol. The summed E-state index contributed by atoms with van der Waals surface area (Å²) in [7, 11) is 0. The van der Waals surface area contributed by atoms with E-state index in [1.165, 1.54) is 0 Å². The number of hydrogen-bond donors (Lipinski definition) is 8. The second kappa shape index (κ2) is 16.3. The largest absolute Gasteiger partial charge is 0.478 e. The van der Waals surface area contributed by atoms with Crippen LogP contribution in [0.3, 0.4) is 0 Å². The number of hydrogen-bond acceptors (Lipinski definition) is 8. The lowest BCUT2D eigenvalue weighted by Crippen LogP contribution is -2.52. The highest BCUT2D eigenvalue weighted by Gasteiger charge is 2.47. The summed E-state index contributed by atoms with van der Waals surface area (Å²) in [6.07, 6.45) is 12.3. The van der Waals surface area contributed by atoms with Crippen molar-refractivity contribution in [3.8, 4) is 0 Å². The van der Waals surface area contributed by atoms with Crippen molar-refractivity contribution in [1.29, 1.82) is 0 Å². The van der Waals surface area contributed by atoms with Gasteiger partial charge in [-0.05, 0) is 96.5 Å². The van der Waals surface area contributed by atoms with Crippen LogP contribution in [0.5, 0.6) is 0 Å². The molecule has 12 unspecified atom stereocenters. The standard InChI is InChI=1S/C48H48N4O8/c53-45(54)29-9-1-25(2-10-29)41-33-17-19-35(49-33)42(26-3-11-30(12-4-26)46(55)56)37-21-23-39(51-37)44(28-7-15-32(16-8-28)48(59)60)40-24-22-38(52-40)43(36-20-18-34(41)50-36)27-5-13-31(14-6-27)47(57)58/h1-17,19,22,24,33-44,49-52H,18,20-21,23H2,(H,53,54)(H,55,56)(H,57,58)(H,59,60). The highest BCUT2D eigenvalue weighted by Crippen LogP contribution is 2.44. The zero-order chi connectivity index (χ0) is 41.7. The molecule has 60 heavy (non-hydrogen) atoms. The maximum atomic E-state index is 11.9. The minimum Gasteiger partial charge on any atom is -0.478 e. The molecule has 5 aliphatic heterocycles. The maximum Gasteiger partial charge on any atom is 0.335 e. The smallest absolute Gasteiger partial charge is 0.335 e. The first-order chi connectivity index (χ1) is 29.0. The molecule has 8 N–H and O–H groups in total. The van der Waals surface area contributed by atoms with Crippen LogP contribution in [-0.2, 0) is 0 Å². The third-order valence-corrected chi connectivity index (χ3v) is 13.7. The molecule has 0 aliphatic carbocycles. The Morgan fingerprint density at radius 3 is 0.717 bits per heavy atom. The van der Waals surface area contributed by atoms with E-state index in [9.17, 15) is 39.6 Å².